The molecule has 1 rings (SSSR count). The summed E-state index contributed by atoms with van der Waals surface area (Å²) in [5.74, 6) is -0.0616. The molecule has 0 bridgehead atoms. The molecule has 1 unspecified atom stereocenters. The van der Waals surface area contributed by atoms with Crippen molar-refractivity contribution in [2.24, 2.45) is 0 Å². The van der Waals surface area contributed by atoms with E-state index in [1.165, 1.54) is 16.2 Å². The molecule has 0 saturated heterocycles. The minimum atomic E-state index is -0.156. The minimum Gasteiger partial charge on any atom is -0.394 e. The lowest BCUT2D eigenvalue weighted by molar-refractivity contribution is 0.0686. The van der Waals surface area contributed by atoms with Gasteiger partial charge in [0.25, 0.3) is 5.91 Å². The number of aliphatic hydroxyl groups excluding tert-OH is 1. The van der Waals surface area contributed by atoms with E-state index in [2.05, 4.69) is 15.9 Å². The van der Waals surface area contributed by atoms with Crippen LogP contribution >= 0.6 is 27.3 Å². The van der Waals surface area contributed by atoms with Crippen molar-refractivity contribution in [1.29, 1.82) is 0 Å². The molecule has 0 spiro atoms. The second-order valence-electron chi connectivity index (χ2n) is 3.05. The number of hydrogen-bond donors (Lipinski definition) is 1. The molecule has 1 N–H and O–H groups in total. The topological polar surface area (TPSA) is 40.5 Å². The van der Waals surface area contributed by atoms with Crippen molar-refractivity contribution in [3.05, 3.63) is 20.8 Å². The van der Waals surface area contributed by atoms with Gasteiger partial charge < -0.3 is 10.0 Å². The van der Waals surface area contributed by atoms with Crippen LogP contribution in [-0.2, 0) is 0 Å². The summed E-state index contributed by atoms with van der Waals surface area (Å²) in [5, 5.41) is 10.8. The third-order valence-corrected chi connectivity index (χ3v) is 3.88. The van der Waals surface area contributed by atoms with Crippen LogP contribution in [0.1, 0.15) is 16.6 Å². The molecule has 1 aromatic heterocycles. The van der Waals surface area contributed by atoms with Gasteiger partial charge in [-0.3, -0.25) is 4.79 Å². The molecule has 0 aliphatic rings. The Morgan fingerprint density at radius 3 is 2.86 bits per heavy atom. The maximum atomic E-state index is 11.8. The molecule has 0 aliphatic carbocycles. The molecule has 5 heteroatoms. The molecular formula is C9H12BrNO2S. The molecule has 1 amide bonds. The third kappa shape index (κ3) is 2.34. The lowest BCUT2D eigenvalue weighted by atomic mass is 10.3. The van der Waals surface area contributed by atoms with E-state index in [1.54, 1.807) is 14.0 Å². The maximum absolute atomic E-state index is 11.8. The Kier molecular flexibility index (Phi) is 4.10. The highest BCUT2D eigenvalue weighted by molar-refractivity contribution is 9.10. The number of carbonyl (C=O) groups is 1. The highest BCUT2D eigenvalue weighted by Gasteiger charge is 2.19. The highest BCUT2D eigenvalue weighted by Crippen LogP contribution is 2.24. The molecule has 0 radical (unpaired) electrons. The average molecular weight is 278 g/mol. The summed E-state index contributed by atoms with van der Waals surface area (Å²) in [6, 6.07) is 1.69. The van der Waals surface area contributed by atoms with Crippen molar-refractivity contribution in [3.8, 4) is 0 Å². The fraction of sp³-hybridized carbons (Fsp3) is 0.444. The summed E-state index contributed by atoms with van der Waals surface area (Å²) in [4.78, 5) is 14.0. The zero-order chi connectivity index (χ0) is 10.7. The Balaban J connectivity index is 2.81. The first-order valence-corrected chi connectivity index (χ1v) is 5.86. The summed E-state index contributed by atoms with van der Waals surface area (Å²) in [5.41, 5.74) is 0. The molecule has 0 aliphatic heterocycles. The molecule has 0 aromatic carbocycles. The molecule has 0 fully saturated rings. The van der Waals surface area contributed by atoms with E-state index in [0.717, 1.165) is 4.47 Å². The predicted octanol–water partition coefficient (Wildman–Crippen LogP) is 1.96. The zero-order valence-electron chi connectivity index (χ0n) is 8.03. The van der Waals surface area contributed by atoms with Crippen molar-refractivity contribution in [2.45, 2.75) is 13.0 Å². The number of nitrogens with zero attached hydrogens (tertiary/aromatic N) is 1. The molecule has 1 heterocycles. The van der Waals surface area contributed by atoms with Gasteiger partial charge in [0.05, 0.1) is 12.6 Å². The maximum Gasteiger partial charge on any atom is 0.265 e. The van der Waals surface area contributed by atoms with E-state index in [1.807, 2.05) is 11.4 Å². The first-order valence-electron chi connectivity index (χ1n) is 4.19. The highest BCUT2D eigenvalue weighted by atomic mass is 79.9. The third-order valence-electron chi connectivity index (χ3n) is 2.06. The van der Waals surface area contributed by atoms with Gasteiger partial charge in [-0.15, -0.1) is 11.3 Å². The first kappa shape index (κ1) is 11.7. The number of thiophene rings is 1. The fourth-order valence-corrected chi connectivity index (χ4v) is 2.45. The molecule has 78 valence electrons. The number of likely N-dealkylation sites (N-methyl/N-ethyl adjacent to an activating group) is 1. The largest absolute Gasteiger partial charge is 0.394 e. The second kappa shape index (κ2) is 4.91. The fourth-order valence-electron chi connectivity index (χ4n) is 0.929. The number of aliphatic hydroxyl groups is 1. The Hall–Kier alpha value is -0.390. The molecule has 1 atom stereocenters. The molecule has 14 heavy (non-hydrogen) atoms. The normalized spacial score (nSPS) is 12.6. The second-order valence-corrected chi connectivity index (χ2v) is 4.82. The van der Waals surface area contributed by atoms with E-state index in [9.17, 15) is 4.79 Å². The molecule has 3 nitrogen and oxygen atoms in total. The van der Waals surface area contributed by atoms with E-state index < -0.39 is 0 Å². The quantitative estimate of drug-likeness (QED) is 0.918. The number of carbonyl (C=O) groups excluding carboxylic acids is 1. The van der Waals surface area contributed by atoms with Crippen molar-refractivity contribution in [1.82, 2.24) is 4.90 Å². The van der Waals surface area contributed by atoms with E-state index in [-0.39, 0.29) is 18.6 Å². The summed E-state index contributed by atoms with van der Waals surface area (Å²) >= 11 is 4.70. The molecular weight excluding hydrogens is 266 g/mol. The van der Waals surface area contributed by atoms with Gasteiger partial charge in [0.2, 0.25) is 0 Å². The lowest BCUT2D eigenvalue weighted by Gasteiger charge is -2.22. The monoisotopic (exact) mass is 277 g/mol. The number of hydrogen-bond acceptors (Lipinski definition) is 3. The first-order chi connectivity index (χ1) is 6.57. The van der Waals surface area contributed by atoms with Gasteiger partial charge in [0.1, 0.15) is 4.88 Å². The van der Waals surface area contributed by atoms with Crippen LogP contribution in [-0.4, -0.2) is 35.6 Å². The average Bonchev–Trinajstić information content (AvgIpc) is 2.61. The van der Waals surface area contributed by atoms with Crippen LogP contribution in [0.15, 0.2) is 15.9 Å². The zero-order valence-corrected chi connectivity index (χ0v) is 10.4. The van der Waals surface area contributed by atoms with Crippen molar-refractivity contribution >= 4 is 33.2 Å². The van der Waals surface area contributed by atoms with E-state index in [4.69, 9.17) is 5.11 Å². The Morgan fingerprint density at radius 2 is 2.43 bits per heavy atom. The lowest BCUT2D eigenvalue weighted by Crippen LogP contribution is -2.37. The SMILES string of the molecule is CC(CO)N(C)C(=O)c1sccc1Br. The summed E-state index contributed by atoms with van der Waals surface area (Å²) < 4.78 is 0.810. The van der Waals surface area contributed by atoms with Crippen LogP contribution in [0, 0.1) is 0 Å². The summed E-state index contributed by atoms with van der Waals surface area (Å²) in [7, 11) is 1.69. The number of amides is 1. The Morgan fingerprint density at radius 1 is 1.79 bits per heavy atom. The predicted molar refractivity (Wildman–Crippen MR) is 60.7 cm³/mol. The van der Waals surface area contributed by atoms with Crippen LogP contribution in [0.5, 0.6) is 0 Å². The molecule has 1 aromatic rings. The Bertz CT molecular complexity index is 326. The smallest absolute Gasteiger partial charge is 0.265 e. The number of halogens is 1. The van der Waals surface area contributed by atoms with Crippen molar-refractivity contribution < 1.29 is 9.90 Å². The van der Waals surface area contributed by atoms with Crippen LogP contribution in [0.25, 0.3) is 0 Å². The van der Waals surface area contributed by atoms with Gasteiger partial charge >= 0.3 is 0 Å². The van der Waals surface area contributed by atoms with Crippen LogP contribution in [0.2, 0.25) is 0 Å². The van der Waals surface area contributed by atoms with Gasteiger partial charge in [-0.2, -0.15) is 0 Å². The van der Waals surface area contributed by atoms with Crippen molar-refractivity contribution in [3.63, 3.8) is 0 Å². The van der Waals surface area contributed by atoms with Crippen LogP contribution < -0.4 is 0 Å². The minimum absolute atomic E-state index is 0.0226. The van der Waals surface area contributed by atoms with Gasteiger partial charge in [-0.25, -0.2) is 0 Å². The van der Waals surface area contributed by atoms with Gasteiger partial charge in [-0.05, 0) is 34.3 Å². The van der Waals surface area contributed by atoms with Gasteiger partial charge in [-0.1, -0.05) is 0 Å². The van der Waals surface area contributed by atoms with Crippen molar-refractivity contribution in [2.75, 3.05) is 13.7 Å². The van der Waals surface area contributed by atoms with E-state index >= 15 is 0 Å². The van der Waals surface area contributed by atoms with Crippen LogP contribution in [0.3, 0.4) is 0 Å². The van der Waals surface area contributed by atoms with E-state index in [0.29, 0.717) is 4.88 Å². The number of rotatable bonds is 3. The molecule has 0 saturated carbocycles. The van der Waals surface area contributed by atoms with Gasteiger partial charge in [0.15, 0.2) is 0 Å². The Labute approximate surface area is 95.5 Å². The van der Waals surface area contributed by atoms with Crippen LogP contribution in [0.4, 0.5) is 0 Å². The standard InChI is InChI=1S/C9H12BrNO2S/c1-6(5-12)11(2)9(13)8-7(10)3-4-14-8/h3-4,6,12H,5H2,1-2H3. The summed E-state index contributed by atoms with van der Waals surface area (Å²) in [6.45, 7) is 1.78. The summed E-state index contributed by atoms with van der Waals surface area (Å²) in [6.07, 6.45) is 0. The van der Waals surface area contributed by atoms with Gasteiger partial charge in [0, 0.05) is 11.5 Å².